The lowest BCUT2D eigenvalue weighted by Gasteiger charge is -2.20. The molecule has 1 amide bonds. The van der Waals surface area contributed by atoms with Gasteiger partial charge in [0.15, 0.2) is 0 Å². The summed E-state index contributed by atoms with van der Waals surface area (Å²) in [5.74, 6) is 1.20. The van der Waals surface area contributed by atoms with Crippen LogP contribution in [0.3, 0.4) is 0 Å². The molecule has 0 bridgehead atoms. The molecule has 0 aliphatic carbocycles. The molecule has 1 atom stereocenters. The molecule has 22 heavy (non-hydrogen) atoms. The first-order valence-corrected chi connectivity index (χ1v) is 7.52. The predicted octanol–water partition coefficient (Wildman–Crippen LogP) is 1.60. The summed E-state index contributed by atoms with van der Waals surface area (Å²) in [4.78, 5) is 16.7. The highest BCUT2D eigenvalue weighted by Gasteiger charge is 2.21. The second kappa shape index (κ2) is 6.72. The fraction of sp³-hybridized carbons (Fsp3) is 0.600. The Morgan fingerprint density at radius 2 is 2.14 bits per heavy atom. The van der Waals surface area contributed by atoms with E-state index in [1.807, 2.05) is 20.9 Å². The second-order valence-electron chi connectivity index (χ2n) is 6.08. The zero-order valence-electron chi connectivity index (χ0n) is 13.8. The first-order chi connectivity index (χ1) is 10.4. The third kappa shape index (κ3) is 3.72. The zero-order valence-corrected chi connectivity index (χ0v) is 13.8. The van der Waals surface area contributed by atoms with Crippen molar-refractivity contribution in [3.63, 3.8) is 0 Å². The number of hydrogen-bond acceptors (Lipinski definition) is 4. The normalized spacial score (nSPS) is 12.6. The van der Waals surface area contributed by atoms with Crippen molar-refractivity contribution in [3.05, 3.63) is 29.1 Å². The van der Waals surface area contributed by atoms with Gasteiger partial charge in [0.25, 0.3) is 0 Å². The molecule has 0 aliphatic rings. The van der Waals surface area contributed by atoms with E-state index >= 15 is 0 Å². The number of aromatic nitrogens is 5. The van der Waals surface area contributed by atoms with E-state index in [4.69, 9.17) is 0 Å². The van der Waals surface area contributed by atoms with Crippen molar-refractivity contribution in [2.75, 3.05) is 0 Å². The maximum absolute atomic E-state index is 12.4. The molecule has 0 radical (unpaired) electrons. The van der Waals surface area contributed by atoms with Crippen LogP contribution >= 0.6 is 0 Å². The van der Waals surface area contributed by atoms with Crippen LogP contribution < -0.4 is 5.32 Å². The minimum atomic E-state index is -0.132. The molecule has 0 aliphatic heterocycles. The van der Waals surface area contributed by atoms with Crippen molar-refractivity contribution >= 4 is 5.91 Å². The van der Waals surface area contributed by atoms with Crippen LogP contribution in [0.1, 0.15) is 49.1 Å². The monoisotopic (exact) mass is 304 g/mol. The second-order valence-corrected chi connectivity index (χ2v) is 6.08. The Morgan fingerprint density at radius 1 is 1.41 bits per heavy atom. The Kier molecular flexibility index (Phi) is 4.95. The summed E-state index contributed by atoms with van der Waals surface area (Å²) in [6.45, 7) is 8.08. The lowest BCUT2D eigenvalue weighted by atomic mass is 10.0. The van der Waals surface area contributed by atoms with Crippen molar-refractivity contribution < 1.29 is 4.79 Å². The van der Waals surface area contributed by atoms with Gasteiger partial charge >= 0.3 is 0 Å². The van der Waals surface area contributed by atoms with Gasteiger partial charge in [0.05, 0.1) is 18.2 Å². The van der Waals surface area contributed by atoms with Crippen LogP contribution in [0.5, 0.6) is 0 Å². The molecule has 2 rings (SSSR count). The summed E-state index contributed by atoms with van der Waals surface area (Å²) in [5.41, 5.74) is 2.76. The number of carbonyl (C=O) groups is 1. The van der Waals surface area contributed by atoms with Crippen molar-refractivity contribution in [1.82, 2.24) is 30.3 Å². The van der Waals surface area contributed by atoms with Crippen molar-refractivity contribution in [3.8, 4) is 0 Å². The fourth-order valence-corrected chi connectivity index (χ4v) is 2.56. The summed E-state index contributed by atoms with van der Waals surface area (Å²) in [6, 6.07) is -0.132. The number of carbonyl (C=O) groups excluding carboxylic acids is 1. The molecule has 2 aromatic heterocycles. The van der Waals surface area contributed by atoms with Crippen LogP contribution in [0.25, 0.3) is 0 Å². The highest BCUT2D eigenvalue weighted by atomic mass is 16.1. The van der Waals surface area contributed by atoms with Gasteiger partial charge < -0.3 is 5.32 Å². The first-order valence-electron chi connectivity index (χ1n) is 7.52. The topological polar surface area (TPSA) is 88.5 Å². The minimum absolute atomic E-state index is 0.0266. The molecule has 1 unspecified atom stereocenters. The van der Waals surface area contributed by atoms with E-state index < -0.39 is 0 Å². The smallest absolute Gasteiger partial charge is 0.225 e. The van der Waals surface area contributed by atoms with E-state index in [2.05, 4.69) is 39.4 Å². The fourth-order valence-electron chi connectivity index (χ4n) is 2.56. The predicted molar refractivity (Wildman–Crippen MR) is 83.1 cm³/mol. The van der Waals surface area contributed by atoms with Crippen LogP contribution in [0, 0.1) is 19.8 Å². The van der Waals surface area contributed by atoms with Crippen molar-refractivity contribution in [2.24, 2.45) is 13.0 Å². The number of amides is 1. The summed E-state index contributed by atoms with van der Waals surface area (Å²) in [5, 5.41) is 14.2. The third-order valence-corrected chi connectivity index (χ3v) is 3.72. The van der Waals surface area contributed by atoms with E-state index in [-0.39, 0.29) is 11.9 Å². The molecule has 0 aromatic carbocycles. The van der Waals surface area contributed by atoms with Crippen LogP contribution in [0.4, 0.5) is 0 Å². The molecule has 120 valence electrons. The number of H-pyrrole nitrogens is 1. The van der Waals surface area contributed by atoms with Gasteiger partial charge in [-0.05, 0) is 26.2 Å². The van der Waals surface area contributed by atoms with Crippen LogP contribution in [0.15, 0.2) is 6.33 Å². The van der Waals surface area contributed by atoms with Gasteiger partial charge in [0.2, 0.25) is 5.91 Å². The largest absolute Gasteiger partial charge is 0.346 e. The SMILES string of the molecule is Cc1n[nH]c(C)c1CC(=O)NC(CC(C)C)c1ncnn1C. The molecule has 7 heteroatoms. The molecule has 2 aromatic rings. The molecule has 2 N–H and O–H groups in total. The molecule has 0 fully saturated rings. The van der Waals surface area contributed by atoms with E-state index in [0.29, 0.717) is 12.3 Å². The lowest BCUT2D eigenvalue weighted by molar-refractivity contribution is -0.121. The van der Waals surface area contributed by atoms with E-state index in [1.165, 1.54) is 6.33 Å². The number of aromatic amines is 1. The van der Waals surface area contributed by atoms with Gasteiger partial charge in [-0.15, -0.1) is 0 Å². The number of nitrogens with zero attached hydrogens (tertiary/aromatic N) is 4. The van der Waals surface area contributed by atoms with Gasteiger partial charge in [-0.3, -0.25) is 14.6 Å². The van der Waals surface area contributed by atoms with Gasteiger partial charge in [0, 0.05) is 18.3 Å². The van der Waals surface area contributed by atoms with Gasteiger partial charge in [-0.1, -0.05) is 13.8 Å². The molecule has 2 heterocycles. The molecule has 0 saturated carbocycles. The minimum Gasteiger partial charge on any atom is -0.346 e. The Balaban J connectivity index is 2.10. The van der Waals surface area contributed by atoms with Crippen molar-refractivity contribution in [2.45, 2.75) is 46.6 Å². The summed E-state index contributed by atoms with van der Waals surface area (Å²) < 4.78 is 1.71. The Morgan fingerprint density at radius 3 is 2.64 bits per heavy atom. The van der Waals surface area contributed by atoms with Crippen LogP contribution in [0.2, 0.25) is 0 Å². The van der Waals surface area contributed by atoms with Gasteiger partial charge in [-0.25, -0.2) is 4.98 Å². The summed E-state index contributed by atoms with van der Waals surface area (Å²) in [7, 11) is 1.84. The maximum atomic E-state index is 12.4. The number of aryl methyl sites for hydroxylation is 3. The Hall–Kier alpha value is -2.18. The maximum Gasteiger partial charge on any atom is 0.225 e. The number of nitrogens with one attached hydrogen (secondary N) is 2. The Labute approximate surface area is 130 Å². The molecule has 0 spiro atoms. The van der Waals surface area contributed by atoms with E-state index in [9.17, 15) is 4.79 Å². The van der Waals surface area contributed by atoms with E-state index in [1.54, 1.807) is 4.68 Å². The number of hydrogen-bond donors (Lipinski definition) is 2. The van der Waals surface area contributed by atoms with Gasteiger partial charge in [-0.2, -0.15) is 10.2 Å². The first kappa shape index (κ1) is 16.2. The average Bonchev–Trinajstić information content (AvgIpc) is 2.98. The zero-order chi connectivity index (χ0) is 16.3. The quantitative estimate of drug-likeness (QED) is 0.848. The third-order valence-electron chi connectivity index (χ3n) is 3.72. The molecular formula is C15H24N6O. The van der Waals surface area contributed by atoms with Crippen molar-refractivity contribution in [1.29, 1.82) is 0 Å². The highest BCUT2D eigenvalue weighted by molar-refractivity contribution is 5.79. The average molecular weight is 304 g/mol. The molecule has 0 saturated heterocycles. The van der Waals surface area contributed by atoms with E-state index in [0.717, 1.165) is 29.2 Å². The highest BCUT2D eigenvalue weighted by Crippen LogP contribution is 2.19. The van der Waals surface area contributed by atoms with Crippen LogP contribution in [-0.4, -0.2) is 30.9 Å². The lowest BCUT2D eigenvalue weighted by Crippen LogP contribution is -2.32. The van der Waals surface area contributed by atoms with Crippen LogP contribution in [-0.2, 0) is 18.3 Å². The summed E-state index contributed by atoms with van der Waals surface area (Å²) in [6.07, 6.45) is 2.65. The summed E-state index contributed by atoms with van der Waals surface area (Å²) >= 11 is 0. The van der Waals surface area contributed by atoms with Gasteiger partial charge in [0.1, 0.15) is 12.2 Å². The Bertz CT molecular complexity index is 623. The molecule has 7 nitrogen and oxygen atoms in total. The standard InChI is InChI=1S/C15H24N6O/c1-9(2)6-13(15-16-8-17-21(15)5)18-14(22)7-12-10(3)19-20-11(12)4/h8-9,13H,6-7H2,1-5H3,(H,18,22)(H,19,20). The molecular weight excluding hydrogens is 280 g/mol. The number of rotatable bonds is 6.